The van der Waals surface area contributed by atoms with Gasteiger partial charge in [0.15, 0.2) is 6.29 Å². The van der Waals surface area contributed by atoms with Gasteiger partial charge in [-0.1, -0.05) is 41.9 Å². The van der Waals surface area contributed by atoms with Crippen LogP contribution in [0.4, 0.5) is 13.2 Å². The fourth-order valence-corrected chi connectivity index (χ4v) is 5.53. The van der Waals surface area contributed by atoms with Crippen LogP contribution in [0.15, 0.2) is 65.4 Å². The van der Waals surface area contributed by atoms with Crippen LogP contribution in [-0.4, -0.2) is 22.8 Å². The third kappa shape index (κ3) is 5.18. The Morgan fingerprint density at radius 3 is 2.67 bits per heavy atom. The smallest absolute Gasteiger partial charge is 0.489 e. The summed E-state index contributed by atoms with van der Waals surface area (Å²) in [7, 11) is 0. The molecule has 2 atom stereocenters. The third-order valence-corrected chi connectivity index (χ3v) is 7.98. The topological polar surface area (TPSA) is 74.5 Å². The number of aromatic nitrogens is 2. The summed E-state index contributed by atoms with van der Waals surface area (Å²) in [5, 5.41) is 4.66. The number of carbonyl (C=O) groups is 1. The van der Waals surface area contributed by atoms with Crippen LogP contribution in [0.1, 0.15) is 70.8 Å². The lowest BCUT2D eigenvalue weighted by Crippen LogP contribution is -2.17. The van der Waals surface area contributed by atoms with Crippen LogP contribution in [0.2, 0.25) is 5.02 Å². The van der Waals surface area contributed by atoms with Crippen molar-refractivity contribution < 1.29 is 32.0 Å². The Morgan fingerprint density at radius 2 is 1.95 bits per heavy atom. The predicted molar refractivity (Wildman–Crippen MR) is 141 cm³/mol. The minimum Gasteiger partial charge on any atom is -0.489 e. The number of alkyl halides is 3. The lowest BCUT2D eigenvalue weighted by atomic mass is 9.93. The van der Waals surface area contributed by atoms with Gasteiger partial charge in [-0.2, -0.15) is 0 Å². The number of hydrogen-bond acceptors (Lipinski definition) is 6. The summed E-state index contributed by atoms with van der Waals surface area (Å²) in [4.78, 5) is 15.4. The standard InChI is InChI=1S/C30H24ClF3N2O4/c1-29(19-10-17(15-37)13-35-14-19)12-24(29)21-9-8-20(11-25(21)31)38-16-23-27(36-40-28(23)18-6-7-18)22-4-2-3-5-26(22)39-30(32,33)34/h2-5,8-11,13-15,18,24H,6-7,12,16H2,1H3. The van der Waals surface area contributed by atoms with Crippen molar-refractivity contribution in [2.24, 2.45) is 0 Å². The van der Waals surface area contributed by atoms with Crippen LogP contribution in [0.5, 0.6) is 11.5 Å². The van der Waals surface area contributed by atoms with Gasteiger partial charge < -0.3 is 14.0 Å². The summed E-state index contributed by atoms with van der Waals surface area (Å²) in [5.41, 5.74) is 3.31. The molecule has 2 fully saturated rings. The highest BCUT2D eigenvalue weighted by Crippen LogP contribution is 2.61. The van der Waals surface area contributed by atoms with E-state index in [0.717, 1.165) is 36.7 Å². The van der Waals surface area contributed by atoms with E-state index in [-0.39, 0.29) is 40.9 Å². The van der Waals surface area contributed by atoms with Gasteiger partial charge in [0.25, 0.3) is 0 Å². The number of benzene rings is 2. The minimum absolute atomic E-state index is 0.0337. The Bertz CT molecular complexity index is 1580. The number of halogens is 4. The lowest BCUT2D eigenvalue weighted by Gasteiger charge is -2.15. The Kier molecular flexibility index (Phi) is 6.57. The second kappa shape index (κ2) is 9.96. The minimum atomic E-state index is -4.85. The molecule has 2 aliphatic rings. The third-order valence-electron chi connectivity index (χ3n) is 7.66. The monoisotopic (exact) mass is 568 g/mol. The van der Waals surface area contributed by atoms with Crippen molar-refractivity contribution >= 4 is 17.9 Å². The molecule has 10 heteroatoms. The van der Waals surface area contributed by atoms with Crippen LogP contribution >= 0.6 is 11.6 Å². The fraction of sp³-hybridized carbons (Fsp3) is 0.300. The fourth-order valence-electron chi connectivity index (χ4n) is 5.22. The SMILES string of the molecule is CC1(c2cncc(C=O)c2)CC1c1ccc(OCc2c(-c3ccccc3OC(F)(F)F)noc2C2CC2)cc1Cl. The van der Waals surface area contributed by atoms with E-state index in [4.69, 9.17) is 20.9 Å². The molecule has 6 rings (SSSR count). The van der Waals surface area contributed by atoms with Crippen molar-refractivity contribution in [1.29, 1.82) is 0 Å². The Balaban J connectivity index is 1.23. The highest BCUT2D eigenvalue weighted by atomic mass is 35.5. The van der Waals surface area contributed by atoms with Crippen molar-refractivity contribution in [2.45, 2.75) is 56.4 Å². The molecular weight excluding hydrogens is 545 g/mol. The molecule has 2 saturated carbocycles. The number of aldehydes is 1. The molecule has 0 aliphatic heterocycles. The van der Waals surface area contributed by atoms with E-state index in [1.165, 1.54) is 24.4 Å². The molecule has 0 amide bonds. The molecule has 6 nitrogen and oxygen atoms in total. The van der Waals surface area contributed by atoms with E-state index in [1.807, 2.05) is 18.2 Å². The summed E-state index contributed by atoms with van der Waals surface area (Å²) in [5.74, 6) is 1.07. The molecule has 0 bridgehead atoms. The van der Waals surface area contributed by atoms with E-state index in [9.17, 15) is 18.0 Å². The Hall–Kier alpha value is -3.85. The number of para-hydroxylation sites is 1. The van der Waals surface area contributed by atoms with E-state index >= 15 is 0 Å². The zero-order valence-electron chi connectivity index (χ0n) is 21.4. The van der Waals surface area contributed by atoms with E-state index in [0.29, 0.717) is 27.7 Å². The summed E-state index contributed by atoms with van der Waals surface area (Å²) in [6.07, 6.45) is 1.94. The second-order valence-corrected chi connectivity index (χ2v) is 10.9. The van der Waals surface area contributed by atoms with Gasteiger partial charge in [-0.25, -0.2) is 0 Å². The Morgan fingerprint density at radius 1 is 1.15 bits per heavy atom. The summed E-state index contributed by atoms with van der Waals surface area (Å²) in [6, 6.07) is 13.2. The first-order valence-electron chi connectivity index (χ1n) is 12.8. The first kappa shape index (κ1) is 26.4. The number of ether oxygens (including phenoxy) is 2. The van der Waals surface area contributed by atoms with Gasteiger partial charge in [0.1, 0.15) is 29.6 Å². The van der Waals surface area contributed by atoms with Crippen LogP contribution in [0.25, 0.3) is 11.3 Å². The average Bonchev–Trinajstić information content (AvgIpc) is 3.85. The van der Waals surface area contributed by atoms with Gasteiger partial charge in [-0.15, -0.1) is 13.2 Å². The summed E-state index contributed by atoms with van der Waals surface area (Å²) >= 11 is 6.69. The van der Waals surface area contributed by atoms with Gasteiger partial charge in [-0.05, 0) is 66.6 Å². The maximum Gasteiger partial charge on any atom is 0.573 e. The zero-order chi connectivity index (χ0) is 28.1. The number of carbonyl (C=O) groups excluding carboxylic acids is 1. The highest BCUT2D eigenvalue weighted by molar-refractivity contribution is 6.31. The van der Waals surface area contributed by atoms with Gasteiger partial charge in [0.2, 0.25) is 0 Å². The number of pyridine rings is 1. The molecule has 2 aliphatic carbocycles. The first-order chi connectivity index (χ1) is 19.2. The van der Waals surface area contributed by atoms with Crippen LogP contribution in [-0.2, 0) is 12.0 Å². The highest BCUT2D eigenvalue weighted by Gasteiger charge is 2.53. The van der Waals surface area contributed by atoms with Crippen molar-refractivity contribution in [3.8, 4) is 22.8 Å². The zero-order valence-corrected chi connectivity index (χ0v) is 22.1. The van der Waals surface area contributed by atoms with Crippen LogP contribution in [0.3, 0.4) is 0 Å². The van der Waals surface area contributed by atoms with E-state index < -0.39 is 6.36 Å². The van der Waals surface area contributed by atoms with Crippen LogP contribution in [0, 0.1) is 0 Å². The molecule has 0 N–H and O–H groups in total. The van der Waals surface area contributed by atoms with Crippen molar-refractivity contribution in [3.05, 3.63) is 94.0 Å². The molecule has 2 aromatic heterocycles. The average molecular weight is 569 g/mol. The maximum atomic E-state index is 13.0. The number of hydrogen-bond donors (Lipinski definition) is 0. The molecule has 2 aromatic carbocycles. The molecule has 4 aromatic rings. The molecule has 0 spiro atoms. The van der Waals surface area contributed by atoms with Crippen LogP contribution < -0.4 is 9.47 Å². The molecule has 0 saturated heterocycles. The molecule has 2 unspecified atom stereocenters. The molecular formula is C30H24ClF3N2O4. The largest absolute Gasteiger partial charge is 0.573 e. The van der Waals surface area contributed by atoms with Gasteiger partial charge in [-0.3, -0.25) is 9.78 Å². The molecule has 0 radical (unpaired) electrons. The van der Waals surface area contributed by atoms with Gasteiger partial charge in [0.05, 0.1) is 5.56 Å². The molecule has 2 heterocycles. The van der Waals surface area contributed by atoms with Crippen molar-refractivity contribution in [3.63, 3.8) is 0 Å². The molecule has 40 heavy (non-hydrogen) atoms. The number of nitrogens with zero attached hydrogens (tertiary/aromatic N) is 2. The van der Waals surface area contributed by atoms with E-state index in [1.54, 1.807) is 18.3 Å². The van der Waals surface area contributed by atoms with Crippen molar-refractivity contribution in [2.75, 3.05) is 0 Å². The predicted octanol–water partition coefficient (Wildman–Crippen LogP) is 8.00. The van der Waals surface area contributed by atoms with Gasteiger partial charge in [0, 0.05) is 39.9 Å². The number of rotatable bonds is 9. The van der Waals surface area contributed by atoms with Crippen molar-refractivity contribution in [1.82, 2.24) is 10.1 Å². The van der Waals surface area contributed by atoms with E-state index in [2.05, 4.69) is 21.8 Å². The molecule has 206 valence electrons. The lowest BCUT2D eigenvalue weighted by molar-refractivity contribution is -0.274. The maximum absolute atomic E-state index is 13.0. The second-order valence-electron chi connectivity index (χ2n) is 10.5. The Labute approximate surface area is 233 Å². The van der Waals surface area contributed by atoms with Gasteiger partial charge >= 0.3 is 6.36 Å². The summed E-state index contributed by atoms with van der Waals surface area (Å²) in [6.45, 7) is 2.16. The first-order valence-corrected chi connectivity index (χ1v) is 13.2. The quantitative estimate of drug-likeness (QED) is 0.190. The summed E-state index contributed by atoms with van der Waals surface area (Å²) < 4.78 is 55.0. The normalized spacial score (nSPS) is 20.3.